The maximum absolute atomic E-state index is 12.9. The van der Waals surface area contributed by atoms with Crippen LogP contribution in [0.25, 0.3) is 0 Å². The lowest BCUT2D eigenvalue weighted by molar-refractivity contribution is -0.142. The lowest BCUT2D eigenvalue weighted by Crippen LogP contribution is -2.38. The van der Waals surface area contributed by atoms with Gasteiger partial charge in [-0.1, -0.05) is 36.4 Å². The molecule has 4 rings (SSSR count). The zero-order valence-corrected chi connectivity index (χ0v) is 14.0. The Hall–Kier alpha value is -2.53. The van der Waals surface area contributed by atoms with Crippen molar-refractivity contribution in [2.45, 2.75) is 32.0 Å². The minimum Gasteiger partial charge on any atom is -0.454 e. The third-order valence-corrected chi connectivity index (χ3v) is 4.54. The summed E-state index contributed by atoms with van der Waals surface area (Å²) in [4.78, 5) is 14.8. The van der Waals surface area contributed by atoms with Gasteiger partial charge in [-0.25, -0.2) is 0 Å². The van der Waals surface area contributed by atoms with Crippen LogP contribution in [0.15, 0.2) is 48.5 Å². The SMILES string of the molecule is O=C(C1CCCO1)N(Cc1ccccc1)Cc1ccc2c(c1)OCO2. The zero-order valence-electron chi connectivity index (χ0n) is 14.0. The summed E-state index contributed by atoms with van der Waals surface area (Å²) in [5.74, 6) is 1.55. The largest absolute Gasteiger partial charge is 0.454 e. The van der Waals surface area contributed by atoms with E-state index in [0.717, 1.165) is 35.5 Å². The predicted octanol–water partition coefficient (Wildman–Crippen LogP) is 3.12. The molecular weight excluding hydrogens is 318 g/mol. The van der Waals surface area contributed by atoms with Gasteiger partial charge in [-0.3, -0.25) is 4.79 Å². The van der Waals surface area contributed by atoms with E-state index in [1.807, 2.05) is 53.4 Å². The molecule has 130 valence electrons. The first-order valence-corrected chi connectivity index (χ1v) is 8.62. The van der Waals surface area contributed by atoms with Gasteiger partial charge in [-0.2, -0.15) is 0 Å². The molecule has 0 N–H and O–H groups in total. The fraction of sp³-hybridized carbons (Fsp3) is 0.350. The molecule has 2 aliphatic rings. The Morgan fingerprint density at radius 3 is 2.60 bits per heavy atom. The first-order chi connectivity index (χ1) is 12.3. The molecule has 1 atom stereocenters. The number of ether oxygens (including phenoxy) is 3. The number of carbonyl (C=O) groups excluding carboxylic acids is 1. The number of rotatable bonds is 5. The summed E-state index contributed by atoms with van der Waals surface area (Å²) in [5.41, 5.74) is 2.13. The minimum atomic E-state index is -0.322. The van der Waals surface area contributed by atoms with E-state index >= 15 is 0 Å². The fourth-order valence-electron chi connectivity index (χ4n) is 3.25. The fourth-order valence-corrected chi connectivity index (χ4v) is 3.25. The highest BCUT2D eigenvalue weighted by Crippen LogP contribution is 2.33. The first kappa shape index (κ1) is 16.0. The molecule has 0 saturated carbocycles. The molecule has 0 radical (unpaired) electrons. The highest BCUT2D eigenvalue weighted by molar-refractivity contribution is 5.81. The third kappa shape index (κ3) is 3.61. The van der Waals surface area contributed by atoms with Crippen molar-refractivity contribution in [2.24, 2.45) is 0 Å². The minimum absolute atomic E-state index is 0.0546. The summed E-state index contributed by atoms with van der Waals surface area (Å²) in [6.45, 7) is 2.00. The van der Waals surface area contributed by atoms with Crippen LogP contribution >= 0.6 is 0 Å². The maximum Gasteiger partial charge on any atom is 0.252 e. The number of amides is 1. The van der Waals surface area contributed by atoms with Crippen molar-refractivity contribution >= 4 is 5.91 Å². The van der Waals surface area contributed by atoms with E-state index < -0.39 is 0 Å². The van der Waals surface area contributed by atoms with Gasteiger partial charge in [-0.15, -0.1) is 0 Å². The van der Waals surface area contributed by atoms with Gasteiger partial charge in [-0.05, 0) is 36.1 Å². The highest BCUT2D eigenvalue weighted by Gasteiger charge is 2.28. The second kappa shape index (κ2) is 7.15. The Labute approximate surface area is 147 Å². The molecule has 0 bridgehead atoms. The Bertz CT molecular complexity index is 741. The average Bonchev–Trinajstić information content (AvgIpc) is 3.33. The van der Waals surface area contributed by atoms with Crippen LogP contribution in [0.3, 0.4) is 0 Å². The molecule has 0 aliphatic carbocycles. The molecule has 25 heavy (non-hydrogen) atoms. The molecule has 1 fully saturated rings. The van der Waals surface area contributed by atoms with Crippen LogP contribution in [0.1, 0.15) is 24.0 Å². The number of nitrogens with zero attached hydrogens (tertiary/aromatic N) is 1. The molecule has 2 aliphatic heterocycles. The summed E-state index contributed by atoms with van der Waals surface area (Å²) in [6.07, 6.45) is 1.42. The Balaban J connectivity index is 1.54. The Morgan fingerprint density at radius 1 is 1.00 bits per heavy atom. The molecule has 0 aromatic heterocycles. The molecule has 5 heteroatoms. The van der Waals surface area contributed by atoms with Gasteiger partial charge in [0.1, 0.15) is 6.10 Å². The molecule has 1 amide bonds. The van der Waals surface area contributed by atoms with Crippen molar-refractivity contribution in [3.8, 4) is 11.5 Å². The van der Waals surface area contributed by atoms with Crippen LogP contribution in [-0.4, -0.2) is 30.3 Å². The summed E-state index contributed by atoms with van der Waals surface area (Å²) in [7, 11) is 0. The van der Waals surface area contributed by atoms with Crippen LogP contribution in [0, 0.1) is 0 Å². The molecule has 2 heterocycles. The Morgan fingerprint density at radius 2 is 1.80 bits per heavy atom. The van der Waals surface area contributed by atoms with E-state index in [1.165, 1.54) is 0 Å². The van der Waals surface area contributed by atoms with Crippen LogP contribution in [0.2, 0.25) is 0 Å². The molecule has 5 nitrogen and oxygen atoms in total. The summed E-state index contributed by atoms with van der Waals surface area (Å²) >= 11 is 0. The van der Waals surface area contributed by atoms with Gasteiger partial charge in [0.15, 0.2) is 11.5 Å². The first-order valence-electron chi connectivity index (χ1n) is 8.62. The smallest absolute Gasteiger partial charge is 0.252 e. The maximum atomic E-state index is 12.9. The second-order valence-corrected chi connectivity index (χ2v) is 6.37. The van der Waals surface area contributed by atoms with Crippen molar-refractivity contribution in [1.82, 2.24) is 4.90 Å². The van der Waals surface area contributed by atoms with E-state index in [9.17, 15) is 4.79 Å². The van der Waals surface area contributed by atoms with E-state index in [1.54, 1.807) is 0 Å². The quantitative estimate of drug-likeness (QED) is 0.840. The topological polar surface area (TPSA) is 48.0 Å². The van der Waals surface area contributed by atoms with Gasteiger partial charge < -0.3 is 19.1 Å². The molecule has 0 spiro atoms. The molecule has 2 aromatic carbocycles. The van der Waals surface area contributed by atoms with Gasteiger partial charge in [0.05, 0.1) is 0 Å². The molecule has 2 aromatic rings. The summed E-state index contributed by atoms with van der Waals surface area (Å²) in [5, 5.41) is 0. The number of benzene rings is 2. The van der Waals surface area contributed by atoms with Crippen LogP contribution < -0.4 is 9.47 Å². The van der Waals surface area contributed by atoms with Crippen molar-refractivity contribution in [2.75, 3.05) is 13.4 Å². The third-order valence-electron chi connectivity index (χ3n) is 4.54. The number of hydrogen-bond acceptors (Lipinski definition) is 4. The van der Waals surface area contributed by atoms with Gasteiger partial charge >= 0.3 is 0 Å². The number of hydrogen-bond donors (Lipinski definition) is 0. The zero-order chi connectivity index (χ0) is 17.1. The van der Waals surface area contributed by atoms with Crippen LogP contribution in [0.4, 0.5) is 0 Å². The second-order valence-electron chi connectivity index (χ2n) is 6.37. The van der Waals surface area contributed by atoms with Gasteiger partial charge in [0.2, 0.25) is 6.79 Å². The van der Waals surface area contributed by atoms with E-state index in [4.69, 9.17) is 14.2 Å². The Kier molecular flexibility index (Phi) is 4.57. The predicted molar refractivity (Wildman–Crippen MR) is 92.2 cm³/mol. The van der Waals surface area contributed by atoms with Crippen molar-refractivity contribution < 1.29 is 19.0 Å². The molecular formula is C20H21NO4. The van der Waals surface area contributed by atoms with E-state index in [0.29, 0.717) is 19.7 Å². The van der Waals surface area contributed by atoms with E-state index in [-0.39, 0.29) is 18.8 Å². The average molecular weight is 339 g/mol. The summed E-state index contributed by atoms with van der Waals surface area (Å²) < 4.78 is 16.4. The summed E-state index contributed by atoms with van der Waals surface area (Å²) in [6, 6.07) is 15.9. The monoisotopic (exact) mass is 339 g/mol. The molecule has 1 saturated heterocycles. The van der Waals surface area contributed by atoms with Crippen molar-refractivity contribution in [1.29, 1.82) is 0 Å². The lowest BCUT2D eigenvalue weighted by atomic mass is 10.1. The normalized spacial score (nSPS) is 18.3. The standard InChI is InChI=1S/C20H21NO4/c22-20(18-7-4-10-23-18)21(12-15-5-2-1-3-6-15)13-16-8-9-17-19(11-16)25-14-24-17/h1-3,5-6,8-9,11,18H,4,7,10,12-14H2. The number of fused-ring (bicyclic) bond motifs is 1. The van der Waals surface area contributed by atoms with Crippen molar-refractivity contribution in [3.05, 3.63) is 59.7 Å². The number of carbonyl (C=O) groups is 1. The highest BCUT2D eigenvalue weighted by atomic mass is 16.7. The van der Waals surface area contributed by atoms with E-state index in [2.05, 4.69) is 0 Å². The van der Waals surface area contributed by atoms with Crippen LogP contribution in [0.5, 0.6) is 11.5 Å². The lowest BCUT2D eigenvalue weighted by Gasteiger charge is -2.25. The molecule has 1 unspecified atom stereocenters. The van der Waals surface area contributed by atoms with Gasteiger partial charge in [0.25, 0.3) is 5.91 Å². The van der Waals surface area contributed by atoms with Crippen LogP contribution in [-0.2, 0) is 22.6 Å². The van der Waals surface area contributed by atoms with Crippen molar-refractivity contribution in [3.63, 3.8) is 0 Å². The van der Waals surface area contributed by atoms with Gasteiger partial charge in [0, 0.05) is 19.7 Å².